The van der Waals surface area contributed by atoms with Crippen molar-refractivity contribution in [2.75, 3.05) is 0 Å². The second kappa shape index (κ2) is 5.27. The summed E-state index contributed by atoms with van der Waals surface area (Å²) in [4.78, 5) is 29.9. The van der Waals surface area contributed by atoms with Crippen molar-refractivity contribution in [3.63, 3.8) is 0 Å². The van der Waals surface area contributed by atoms with E-state index in [1.807, 2.05) is 0 Å². The van der Waals surface area contributed by atoms with Gasteiger partial charge in [-0.2, -0.15) is 0 Å². The minimum atomic E-state index is -1.36. The van der Waals surface area contributed by atoms with E-state index in [9.17, 15) is 30.1 Å². The number of carboxylic acid groups (broad SMARTS) is 1. The van der Waals surface area contributed by atoms with Gasteiger partial charge in [-0.1, -0.05) is 0 Å². The van der Waals surface area contributed by atoms with Crippen LogP contribution >= 0.6 is 0 Å². The Labute approximate surface area is 105 Å². The van der Waals surface area contributed by atoms with Crippen molar-refractivity contribution < 1.29 is 24.9 Å². The molecule has 0 saturated carbocycles. The van der Waals surface area contributed by atoms with Crippen LogP contribution in [0, 0.1) is 20.2 Å². The van der Waals surface area contributed by atoms with Crippen LogP contribution in [0.25, 0.3) is 0 Å². The highest BCUT2D eigenvalue weighted by molar-refractivity contribution is 5.74. The number of carbonyl (C=O) groups is 1. The fourth-order valence-corrected chi connectivity index (χ4v) is 1.40. The average Bonchev–Trinajstić information content (AvgIpc) is 2.30. The number of nitrogens with two attached hydrogens (primary N) is 1. The van der Waals surface area contributed by atoms with E-state index in [2.05, 4.69) is 0 Å². The lowest BCUT2D eigenvalue weighted by Gasteiger charge is -2.07. The van der Waals surface area contributed by atoms with Gasteiger partial charge in [0.05, 0.1) is 9.85 Å². The molecule has 1 aromatic rings. The van der Waals surface area contributed by atoms with E-state index in [4.69, 9.17) is 10.8 Å². The van der Waals surface area contributed by atoms with Gasteiger partial charge in [0.15, 0.2) is 0 Å². The topological polar surface area (TPSA) is 170 Å². The number of hydrogen-bond acceptors (Lipinski definition) is 7. The molecular weight excluding hydrogens is 262 g/mol. The normalized spacial score (nSPS) is 11.8. The van der Waals surface area contributed by atoms with Crippen LogP contribution in [0.15, 0.2) is 12.1 Å². The molecular formula is C9H9N3O7. The summed E-state index contributed by atoms with van der Waals surface area (Å²) in [6.45, 7) is 0. The van der Waals surface area contributed by atoms with Gasteiger partial charge in [-0.05, 0) is 12.0 Å². The Morgan fingerprint density at radius 3 is 2.00 bits per heavy atom. The summed E-state index contributed by atoms with van der Waals surface area (Å²) < 4.78 is 0. The van der Waals surface area contributed by atoms with Crippen molar-refractivity contribution in [3.8, 4) is 5.75 Å². The summed E-state index contributed by atoms with van der Waals surface area (Å²) in [5, 5.41) is 39.3. The zero-order valence-corrected chi connectivity index (χ0v) is 9.35. The number of carboxylic acids is 1. The molecule has 0 saturated heterocycles. The molecule has 0 aliphatic carbocycles. The van der Waals surface area contributed by atoms with E-state index in [-0.39, 0.29) is 12.0 Å². The molecule has 0 heterocycles. The Morgan fingerprint density at radius 1 is 1.26 bits per heavy atom. The molecule has 19 heavy (non-hydrogen) atoms. The Morgan fingerprint density at radius 2 is 1.68 bits per heavy atom. The monoisotopic (exact) mass is 271 g/mol. The van der Waals surface area contributed by atoms with Crippen LogP contribution in [-0.4, -0.2) is 32.1 Å². The van der Waals surface area contributed by atoms with E-state index in [1.54, 1.807) is 0 Å². The molecule has 102 valence electrons. The summed E-state index contributed by atoms with van der Waals surface area (Å²) in [7, 11) is 0. The SMILES string of the molecule is N[C@@H](Cc1cc([N+](=O)[O-])c(O)c([N+](=O)[O-])c1)C(=O)O. The molecule has 1 rings (SSSR count). The third-order valence-electron chi connectivity index (χ3n) is 2.30. The molecule has 0 aromatic heterocycles. The fraction of sp³-hybridized carbons (Fsp3) is 0.222. The number of nitro groups is 2. The predicted molar refractivity (Wildman–Crippen MR) is 60.7 cm³/mol. The zero-order valence-electron chi connectivity index (χ0n) is 9.35. The molecule has 0 amide bonds. The van der Waals surface area contributed by atoms with Gasteiger partial charge < -0.3 is 15.9 Å². The smallest absolute Gasteiger partial charge is 0.320 e. The van der Waals surface area contributed by atoms with Gasteiger partial charge in [-0.25, -0.2) is 0 Å². The number of rotatable bonds is 5. The minimum absolute atomic E-state index is 0.0221. The molecule has 1 atom stereocenters. The van der Waals surface area contributed by atoms with E-state index < -0.39 is 39.0 Å². The van der Waals surface area contributed by atoms with E-state index in [0.717, 1.165) is 12.1 Å². The number of phenolic OH excluding ortho intramolecular Hbond substituents is 1. The molecule has 0 aliphatic heterocycles. The van der Waals surface area contributed by atoms with E-state index >= 15 is 0 Å². The van der Waals surface area contributed by atoms with Crippen LogP contribution in [0.4, 0.5) is 11.4 Å². The maximum atomic E-state index is 10.6. The van der Waals surface area contributed by atoms with E-state index in [0.29, 0.717) is 0 Å². The van der Waals surface area contributed by atoms with Crippen molar-refractivity contribution in [2.45, 2.75) is 12.5 Å². The van der Waals surface area contributed by atoms with Gasteiger partial charge in [-0.15, -0.1) is 0 Å². The molecule has 1 aromatic carbocycles. The van der Waals surface area contributed by atoms with Crippen LogP contribution in [0.1, 0.15) is 5.56 Å². The molecule has 10 heteroatoms. The Hall–Kier alpha value is -2.75. The number of hydrogen-bond donors (Lipinski definition) is 3. The Kier molecular flexibility index (Phi) is 3.97. The second-order valence-corrected chi connectivity index (χ2v) is 3.65. The number of phenols is 1. The highest BCUT2D eigenvalue weighted by Gasteiger charge is 2.27. The quantitative estimate of drug-likeness (QED) is 0.502. The van der Waals surface area contributed by atoms with Gasteiger partial charge in [0, 0.05) is 12.1 Å². The van der Waals surface area contributed by atoms with Crippen LogP contribution in [0.5, 0.6) is 5.75 Å². The lowest BCUT2D eigenvalue weighted by atomic mass is 10.0. The average molecular weight is 271 g/mol. The van der Waals surface area contributed by atoms with Gasteiger partial charge in [0.25, 0.3) is 5.75 Å². The lowest BCUT2D eigenvalue weighted by molar-refractivity contribution is -0.396. The van der Waals surface area contributed by atoms with Crippen molar-refractivity contribution in [1.29, 1.82) is 0 Å². The third kappa shape index (κ3) is 3.13. The lowest BCUT2D eigenvalue weighted by Crippen LogP contribution is -2.32. The largest absolute Gasteiger partial charge is 0.497 e. The first-order valence-corrected chi connectivity index (χ1v) is 4.87. The molecule has 0 spiro atoms. The molecule has 0 fully saturated rings. The van der Waals surface area contributed by atoms with Crippen molar-refractivity contribution in [1.82, 2.24) is 0 Å². The summed E-state index contributed by atoms with van der Waals surface area (Å²) in [6.07, 6.45) is -0.336. The van der Waals surface area contributed by atoms with Crippen LogP contribution in [-0.2, 0) is 11.2 Å². The highest BCUT2D eigenvalue weighted by atomic mass is 16.6. The van der Waals surface area contributed by atoms with Gasteiger partial charge in [-0.3, -0.25) is 25.0 Å². The number of nitro benzene ring substituents is 2. The maximum absolute atomic E-state index is 10.6. The van der Waals surface area contributed by atoms with Crippen LogP contribution < -0.4 is 5.73 Å². The third-order valence-corrected chi connectivity index (χ3v) is 2.30. The number of benzene rings is 1. The Bertz CT molecular complexity index is 522. The van der Waals surface area contributed by atoms with Crippen LogP contribution in [0.2, 0.25) is 0 Å². The van der Waals surface area contributed by atoms with Gasteiger partial charge >= 0.3 is 17.3 Å². The molecule has 10 nitrogen and oxygen atoms in total. The van der Waals surface area contributed by atoms with Crippen molar-refractivity contribution in [3.05, 3.63) is 37.9 Å². The summed E-state index contributed by atoms with van der Waals surface area (Å²) in [5.74, 6) is -2.43. The molecule has 0 radical (unpaired) electrons. The van der Waals surface area contributed by atoms with Gasteiger partial charge in [0.1, 0.15) is 6.04 Å². The number of aliphatic carboxylic acids is 1. The van der Waals surface area contributed by atoms with E-state index in [1.165, 1.54) is 0 Å². The van der Waals surface area contributed by atoms with Gasteiger partial charge in [0.2, 0.25) is 0 Å². The van der Waals surface area contributed by atoms with Crippen molar-refractivity contribution >= 4 is 17.3 Å². The first-order chi connectivity index (χ1) is 8.73. The summed E-state index contributed by atoms with van der Waals surface area (Å²) >= 11 is 0. The standard InChI is InChI=1S/C9H9N3O7/c10-5(9(14)15)1-4-2-6(11(16)17)8(13)7(3-4)12(18)19/h2-3,5,13H,1,10H2,(H,14,15)/t5-/m0/s1. The highest BCUT2D eigenvalue weighted by Crippen LogP contribution is 2.36. The predicted octanol–water partition coefficient (Wildman–Crippen LogP) is 0.163. The first kappa shape index (κ1) is 14.3. The Balaban J connectivity index is 3.30. The molecule has 4 N–H and O–H groups in total. The maximum Gasteiger partial charge on any atom is 0.320 e. The fourth-order valence-electron chi connectivity index (χ4n) is 1.40. The molecule has 0 bridgehead atoms. The zero-order chi connectivity index (χ0) is 14.7. The number of nitrogens with zero attached hydrogens (tertiary/aromatic N) is 2. The summed E-state index contributed by atoms with van der Waals surface area (Å²) in [5.41, 5.74) is 3.47. The van der Waals surface area contributed by atoms with Crippen LogP contribution in [0.3, 0.4) is 0 Å². The van der Waals surface area contributed by atoms with Crippen molar-refractivity contribution in [2.24, 2.45) is 5.73 Å². The minimum Gasteiger partial charge on any atom is -0.497 e. The summed E-state index contributed by atoms with van der Waals surface area (Å²) in [6, 6.07) is 0.347. The molecule has 0 unspecified atom stereocenters. The molecule has 0 aliphatic rings. The number of aromatic hydroxyl groups is 1. The second-order valence-electron chi connectivity index (χ2n) is 3.65. The first-order valence-electron chi connectivity index (χ1n) is 4.87.